The predicted molar refractivity (Wildman–Crippen MR) is 66.1 cm³/mol. The summed E-state index contributed by atoms with van der Waals surface area (Å²) in [6.45, 7) is 2.02. The molecule has 3 rings (SSSR count). The number of aromatic nitrogens is 1. The summed E-state index contributed by atoms with van der Waals surface area (Å²) in [5.41, 5.74) is 3.94. The van der Waals surface area contributed by atoms with Crippen molar-refractivity contribution in [2.24, 2.45) is 7.05 Å². The molecule has 1 aromatic carbocycles. The Kier molecular flexibility index (Phi) is 2.30. The van der Waals surface area contributed by atoms with Crippen molar-refractivity contribution in [1.29, 1.82) is 0 Å². The number of aryl methyl sites for hydroxylation is 2. The lowest BCUT2D eigenvalue weighted by Crippen LogP contribution is -2.30. The Morgan fingerprint density at radius 1 is 1.11 bits per heavy atom. The van der Waals surface area contributed by atoms with Gasteiger partial charge in [0, 0.05) is 6.07 Å². The normalized spacial score (nSPS) is 11.0. The zero-order chi connectivity index (χ0) is 12.7. The maximum Gasteiger partial charge on any atom is 0.519 e. The molecule has 0 fully saturated rings. The Labute approximate surface area is 103 Å². The molecule has 0 N–H and O–H groups in total. The molecule has 4 heteroatoms. The summed E-state index contributed by atoms with van der Waals surface area (Å²) in [4.78, 5) is 11.2. The summed E-state index contributed by atoms with van der Waals surface area (Å²) in [6.07, 6.45) is 1.85. The molecule has 3 aromatic rings. The van der Waals surface area contributed by atoms with Crippen LogP contribution in [-0.4, -0.2) is 0 Å². The molecule has 0 atom stereocenters. The zero-order valence-corrected chi connectivity index (χ0v) is 10.1. The summed E-state index contributed by atoms with van der Waals surface area (Å²) in [5.74, 6) is -0.675. The van der Waals surface area contributed by atoms with Crippen LogP contribution < -0.4 is 10.4 Å². The first-order valence-corrected chi connectivity index (χ1v) is 5.65. The predicted octanol–water partition coefficient (Wildman–Crippen LogP) is 2.19. The lowest BCUT2D eigenvalue weighted by Gasteiger charge is -2.03. The number of fused-ring (bicyclic) bond motifs is 1. The first kappa shape index (κ1) is 10.8. The van der Waals surface area contributed by atoms with Crippen molar-refractivity contribution in [2.75, 3.05) is 0 Å². The second-order valence-corrected chi connectivity index (χ2v) is 4.24. The van der Waals surface area contributed by atoms with Gasteiger partial charge < -0.3 is 8.83 Å². The van der Waals surface area contributed by atoms with E-state index in [1.807, 2.05) is 49.0 Å². The van der Waals surface area contributed by atoms with Gasteiger partial charge in [-0.3, -0.25) is 0 Å². The average molecular weight is 242 g/mol. The quantitative estimate of drug-likeness (QED) is 0.614. The van der Waals surface area contributed by atoms with Gasteiger partial charge in [0.05, 0.1) is 5.56 Å². The Hall–Kier alpha value is -2.36. The molecule has 0 amide bonds. The van der Waals surface area contributed by atoms with E-state index in [0.717, 1.165) is 16.8 Å². The molecule has 0 saturated heterocycles. The van der Waals surface area contributed by atoms with Crippen LogP contribution in [0.25, 0.3) is 22.4 Å². The molecule has 0 aliphatic carbocycles. The fourth-order valence-electron chi connectivity index (χ4n) is 2.13. The molecule has 0 spiro atoms. The van der Waals surface area contributed by atoms with E-state index in [4.69, 9.17) is 8.83 Å². The molecule has 0 bridgehead atoms. The second kappa shape index (κ2) is 3.84. The number of pyridine rings is 1. The molecular formula is C14H12NO3+. The van der Waals surface area contributed by atoms with Gasteiger partial charge in [-0.15, -0.1) is 0 Å². The molecule has 0 aliphatic heterocycles. The van der Waals surface area contributed by atoms with Crippen molar-refractivity contribution in [3.63, 3.8) is 0 Å². The minimum atomic E-state index is -0.675. The monoisotopic (exact) mass is 242 g/mol. The highest BCUT2D eigenvalue weighted by atomic mass is 16.6. The number of rotatable bonds is 1. The van der Waals surface area contributed by atoms with Gasteiger partial charge in [-0.2, -0.15) is 4.57 Å². The van der Waals surface area contributed by atoms with Crippen molar-refractivity contribution in [3.8, 4) is 11.3 Å². The third-order valence-electron chi connectivity index (χ3n) is 3.02. The molecule has 0 unspecified atom stereocenters. The fraction of sp³-hybridized carbons (Fsp3) is 0.143. The van der Waals surface area contributed by atoms with Crippen LogP contribution in [0.4, 0.5) is 0 Å². The summed E-state index contributed by atoms with van der Waals surface area (Å²) in [7, 11) is 1.91. The first-order valence-electron chi connectivity index (χ1n) is 5.65. The molecule has 18 heavy (non-hydrogen) atoms. The molecule has 0 saturated carbocycles. The van der Waals surface area contributed by atoms with Gasteiger partial charge in [0.1, 0.15) is 7.05 Å². The standard InChI is InChI=1S/C14H12NO3/c1-9-5-3-4-6-10(9)12-13-11(7-8-15(12)2)17-14(16)18-13/h3-8H,1-2H3/q+1. The summed E-state index contributed by atoms with van der Waals surface area (Å²) < 4.78 is 12.1. The summed E-state index contributed by atoms with van der Waals surface area (Å²) >= 11 is 0. The lowest BCUT2D eigenvalue weighted by atomic mass is 10.0. The highest BCUT2D eigenvalue weighted by Gasteiger charge is 2.21. The highest BCUT2D eigenvalue weighted by molar-refractivity contribution is 5.84. The Balaban J connectivity index is 2.44. The van der Waals surface area contributed by atoms with Crippen molar-refractivity contribution >= 4 is 11.2 Å². The van der Waals surface area contributed by atoms with Crippen LogP contribution in [0.3, 0.4) is 0 Å². The van der Waals surface area contributed by atoms with Gasteiger partial charge >= 0.3 is 5.82 Å². The van der Waals surface area contributed by atoms with Crippen LogP contribution in [0.5, 0.6) is 0 Å². The minimum absolute atomic E-state index is 0.469. The van der Waals surface area contributed by atoms with E-state index in [0.29, 0.717) is 11.2 Å². The third kappa shape index (κ3) is 1.54. The van der Waals surface area contributed by atoms with Gasteiger partial charge in [-0.25, -0.2) is 4.79 Å². The molecule has 2 heterocycles. The van der Waals surface area contributed by atoms with Crippen LogP contribution >= 0.6 is 0 Å². The number of hydrogen-bond acceptors (Lipinski definition) is 3. The van der Waals surface area contributed by atoms with Gasteiger partial charge in [0.15, 0.2) is 11.8 Å². The summed E-state index contributed by atoms with van der Waals surface area (Å²) in [5, 5.41) is 0. The van der Waals surface area contributed by atoms with Gasteiger partial charge in [-0.1, -0.05) is 18.2 Å². The van der Waals surface area contributed by atoms with Crippen molar-refractivity contribution in [2.45, 2.75) is 6.92 Å². The zero-order valence-electron chi connectivity index (χ0n) is 10.1. The van der Waals surface area contributed by atoms with E-state index in [-0.39, 0.29) is 0 Å². The van der Waals surface area contributed by atoms with Crippen molar-refractivity contribution in [3.05, 3.63) is 52.7 Å². The smallest absolute Gasteiger partial charge is 0.390 e. The molecule has 90 valence electrons. The van der Waals surface area contributed by atoms with Crippen LogP contribution in [0.2, 0.25) is 0 Å². The molecule has 2 aromatic heterocycles. The second-order valence-electron chi connectivity index (χ2n) is 4.24. The summed E-state index contributed by atoms with van der Waals surface area (Å²) in [6, 6.07) is 9.68. The Bertz CT molecular complexity index is 783. The molecular weight excluding hydrogens is 230 g/mol. The largest absolute Gasteiger partial charge is 0.519 e. The van der Waals surface area contributed by atoms with Gasteiger partial charge in [0.25, 0.3) is 5.69 Å². The van der Waals surface area contributed by atoms with Crippen LogP contribution in [0.15, 0.2) is 50.2 Å². The van der Waals surface area contributed by atoms with Crippen LogP contribution in [-0.2, 0) is 7.05 Å². The van der Waals surface area contributed by atoms with Crippen LogP contribution in [0.1, 0.15) is 5.56 Å². The van der Waals surface area contributed by atoms with E-state index in [2.05, 4.69) is 0 Å². The lowest BCUT2D eigenvalue weighted by molar-refractivity contribution is -0.659. The minimum Gasteiger partial charge on any atom is -0.390 e. The number of nitrogens with zero attached hydrogens (tertiary/aromatic N) is 1. The highest BCUT2D eigenvalue weighted by Crippen LogP contribution is 2.26. The topological polar surface area (TPSA) is 47.2 Å². The van der Waals surface area contributed by atoms with E-state index in [1.165, 1.54) is 0 Å². The maximum absolute atomic E-state index is 11.2. The Morgan fingerprint density at radius 3 is 2.67 bits per heavy atom. The van der Waals surface area contributed by atoms with E-state index < -0.39 is 5.82 Å². The van der Waals surface area contributed by atoms with Crippen molar-refractivity contribution < 1.29 is 13.4 Å². The van der Waals surface area contributed by atoms with E-state index in [9.17, 15) is 4.79 Å². The molecule has 0 radical (unpaired) electrons. The van der Waals surface area contributed by atoms with E-state index >= 15 is 0 Å². The number of hydrogen-bond donors (Lipinski definition) is 0. The first-order chi connectivity index (χ1) is 8.66. The fourth-order valence-corrected chi connectivity index (χ4v) is 2.13. The maximum atomic E-state index is 11.2. The van der Waals surface area contributed by atoms with Crippen LogP contribution in [0, 0.1) is 6.92 Å². The average Bonchev–Trinajstić information content (AvgIpc) is 2.71. The SMILES string of the molecule is Cc1ccccc1-c1c2oc(=O)oc2cc[n+]1C. The third-order valence-corrected chi connectivity index (χ3v) is 3.02. The molecule has 0 aliphatic rings. The van der Waals surface area contributed by atoms with Crippen molar-refractivity contribution in [1.82, 2.24) is 0 Å². The van der Waals surface area contributed by atoms with Gasteiger partial charge in [-0.05, 0) is 18.6 Å². The van der Waals surface area contributed by atoms with E-state index in [1.54, 1.807) is 6.07 Å². The Morgan fingerprint density at radius 2 is 1.89 bits per heavy atom. The number of benzene rings is 1. The van der Waals surface area contributed by atoms with Gasteiger partial charge in [0.2, 0.25) is 5.58 Å². The molecule has 4 nitrogen and oxygen atoms in total.